The fraction of sp³-hybridized carbons (Fsp3) is 0.625. The second-order valence-electron chi connectivity index (χ2n) is 5.97. The highest BCUT2D eigenvalue weighted by molar-refractivity contribution is 5.85. The maximum absolute atomic E-state index is 13.9. The molecule has 4 nitrogen and oxygen atoms in total. The minimum Gasteiger partial charge on any atom is -0.504 e. The van der Waals surface area contributed by atoms with Crippen molar-refractivity contribution in [2.24, 2.45) is 5.92 Å². The molecule has 1 aromatic rings. The summed E-state index contributed by atoms with van der Waals surface area (Å²) in [7, 11) is 1.46. The zero-order valence-corrected chi connectivity index (χ0v) is 14.9. The van der Waals surface area contributed by atoms with Gasteiger partial charge in [0.2, 0.25) is 0 Å². The summed E-state index contributed by atoms with van der Waals surface area (Å²) < 4.78 is 19.0. The summed E-state index contributed by atoms with van der Waals surface area (Å²) in [6, 6.07) is 2.81. The molecule has 2 fully saturated rings. The van der Waals surface area contributed by atoms with Crippen LogP contribution < -0.4 is 10.1 Å². The zero-order valence-electron chi connectivity index (χ0n) is 13.3. The number of hydrogen-bond donors (Lipinski definition) is 2. The fourth-order valence-electron chi connectivity index (χ4n) is 3.44. The molecule has 0 spiro atoms. The lowest BCUT2D eigenvalue weighted by Gasteiger charge is -2.43. The molecule has 0 unspecified atom stereocenters. The number of nitrogens with one attached hydrogen (secondary N) is 1. The van der Waals surface area contributed by atoms with Crippen LogP contribution in [-0.2, 0) is 0 Å². The van der Waals surface area contributed by atoms with E-state index in [9.17, 15) is 9.50 Å². The number of benzene rings is 1. The van der Waals surface area contributed by atoms with Crippen LogP contribution in [0.5, 0.6) is 11.5 Å². The van der Waals surface area contributed by atoms with Crippen molar-refractivity contribution in [1.29, 1.82) is 0 Å². The minimum atomic E-state index is -0.348. The van der Waals surface area contributed by atoms with Crippen LogP contribution in [-0.4, -0.2) is 43.3 Å². The minimum absolute atomic E-state index is 0. The molecule has 1 aliphatic carbocycles. The molecule has 23 heavy (non-hydrogen) atoms. The van der Waals surface area contributed by atoms with Crippen molar-refractivity contribution in [1.82, 2.24) is 10.2 Å². The molecule has 1 heterocycles. The predicted octanol–water partition coefficient (Wildman–Crippen LogP) is 3.13. The van der Waals surface area contributed by atoms with E-state index in [1.165, 1.54) is 25.7 Å². The lowest BCUT2D eigenvalue weighted by molar-refractivity contribution is 0.0814. The highest BCUT2D eigenvalue weighted by Gasteiger charge is 2.36. The van der Waals surface area contributed by atoms with E-state index in [1.54, 1.807) is 0 Å². The van der Waals surface area contributed by atoms with Gasteiger partial charge in [0.05, 0.1) is 7.11 Å². The Hall–Kier alpha value is -0.750. The van der Waals surface area contributed by atoms with E-state index in [1.807, 2.05) is 0 Å². The molecule has 2 N–H and O–H groups in total. The smallest absolute Gasteiger partial charge is 0.163 e. The Balaban J connectivity index is 0.00000132. The number of rotatable bonds is 4. The van der Waals surface area contributed by atoms with E-state index < -0.39 is 0 Å². The highest BCUT2D eigenvalue weighted by atomic mass is 35.5. The average Bonchev–Trinajstić information content (AvgIpc) is 2.46. The normalized spacial score (nSPS) is 19.9. The van der Waals surface area contributed by atoms with Crippen molar-refractivity contribution >= 4 is 24.8 Å². The van der Waals surface area contributed by atoms with E-state index in [0.717, 1.165) is 39.0 Å². The van der Waals surface area contributed by atoms with Crippen molar-refractivity contribution in [2.45, 2.75) is 25.3 Å². The van der Waals surface area contributed by atoms with Crippen LogP contribution in [0.2, 0.25) is 0 Å². The van der Waals surface area contributed by atoms with Crippen LogP contribution in [0.3, 0.4) is 0 Å². The summed E-state index contributed by atoms with van der Waals surface area (Å²) >= 11 is 0. The van der Waals surface area contributed by atoms with Crippen molar-refractivity contribution in [3.63, 3.8) is 0 Å². The first-order valence-electron chi connectivity index (χ1n) is 7.72. The number of phenols is 1. The number of phenolic OH excluding ortho intramolecular Hbond substituents is 1. The summed E-state index contributed by atoms with van der Waals surface area (Å²) in [5.41, 5.74) is 0.679. The monoisotopic (exact) mass is 366 g/mol. The van der Waals surface area contributed by atoms with Gasteiger partial charge < -0.3 is 15.2 Å². The van der Waals surface area contributed by atoms with Gasteiger partial charge in [0, 0.05) is 43.9 Å². The molecule has 1 aromatic carbocycles. The Labute approximate surface area is 149 Å². The molecule has 1 atom stereocenters. The number of piperazine rings is 1. The quantitative estimate of drug-likeness (QED) is 0.858. The average molecular weight is 367 g/mol. The van der Waals surface area contributed by atoms with E-state index in [0.29, 0.717) is 11.5 Å². The van der Waals surface area contributed by atoms with Gasteiger partial charge in [-0.25, -0.2) is 4.39 Å². The van der Waals surface area contributed by atoms with E-state index in [4.69, 9.17) is 4.74 Å². The van der Waals surface area contributed by atoms with Gasteiger partial charge in [-0.05, 0) is 24.8 Å². The molecule has 0 radical (unpaired) electrons. The third kappa shape index (κ3) is 4.21. The first-order chi connectivity index (χ1) is 10.2. The van der Waals surface area contributed by atoms with E-state index in [2.05, 4.69) is 10.2 Å². The Morgan fingerprint density at radius 2 is 1.91 bits per heavy atom. The maximum Gasteiger partial charge on any atom is 0.163 e. The fourth-order valence-corrected chi connectivity index (χ4v) is 3.44. The largest absolute Gasteiger partial charge is 0.504 e. The Kier molecular flexibility index (Phi) is 7.87. The number of halogens is 3. The molecule has 0 amide bonds. The van der Waals surface area contributed by atoms with Gasteiger partial charge in [-0.1, -0.05) is 6.42 Å². The highest BCUT2D eigenvalue weighted by Crippen LogP contribution is 2.46. The number of aromatic hydroxyl groups is 1. The predicted molar refractivity (Wildman–Crippen MR) is 93.6 cm³/mol. The Morgan fingerprint density at radius 3 is 2.43 bits per heavy atom. The second-order valence-corrected chi connectivity index (χ2v) is 5.97. The van der Waals surface area contributed by atoms with Crippen molar-refractivity contribution in [2.75, 3.05) is 33.3 Å². The molecular formula is C16H25Cl2FN2O2. The molecule has 1 saturated carbocycles. The molecule has 1 aliphatic heterocycles. The van der Waals surface area contributed by atoms with Gasteiger partial charge in [0.15, 0.2) is 11.5 Å². The summed E-state index contributed by atoms with van der Waals surface area (Å²) in [4.78, 5) is 2.37. The summed E-state index contributed by atoms with van der Waals surface area (Å²) in [5, 5.41) is 13.8. The lowest BCUT2D eigenvalue weighted by atomic mass is 9.76. The number of methoxy groups -OCH3 is 1. The third-order valence-corrected chi connectivity index (χ3v) is 4.75. The summed E-state index contributed by atoms with van der Waals surface area (Å²) in [5.74, 6) is 0.471. The first-order valence-corrected chi connectivity index (χ1v) is 7.72. The summed E-state index contributed by atoms with van der Waals surface area (Å²) in [6.07, 6.45) is 3.51. The SMILES string of the molecule is COc1cc(F)cc([C@H](C2CCC2)N2CCNCC2)c1O.Cl.Cl. The topological polar surface area (TPSA) is 44.7 Å². The van der Waals surface area contributed by atoms with E-state index in [-0.39, 0.29) is 48.2 Å². The van der Waals surface area contributed by atoms with Gasteiger partial charge in [-0.2, -0.15) is 0 Å². The second kappa shape index (κ2) is 8.92. The van der Waals surface area contributed by atoms with Crippen LogP contribution in [0.4, 0.5) is 4.39 Å². The van der Waals surface area contributed by atoms with Gasteiger partial charge in [0.1, 0.15) is 5.82 Å². The third-order valence-electron chi connectivity index (χ3n) is 4.75. The number of ether oxygens (including phenoxy) is 1. The molecule has 1 saturated heterocycles. The van der Waals surface area contributed by atoms with Crippen LogP contribution in [0.1, 0.15) is 30.9 Å². The molecular weight excluding hydrogens is 342 g/mol. The zero-order chi connectivity index (χ0) is 14.8. The van der Waals surface area contributed by atoms with Gasteiger partial charge in [0.25, 0.3) is 0 Å². The van der Waals surface area contributed by atoms with Gasteiger partial charge in [-0.3, -0.25) is 4.90 Å². The van der Waals surface area contributed by atoms with Gasteiger partial charge >= 0.3 is 0 Å². The maximum atomic E-state index is 13.9. The van der Waals surface area contributed by atoms with E-state index >= 15 is 0 Å². The van der Waals surface area contributed by atoms with Crippen LogP contribution >= 0.6 is 24.8 Å². The molecule has 0 aromatic heterocycles. The van der Waals surface area contributed by atoms with Crippen molar-refractivity contribution in [3.8, 4) is 11.5 Å². The molecule has 3 rings (SSSR count). The Bertz CT molecular complexity index is 509. The first kappa shape index (κ1) is 20.3. The molecule has 2 aliphatic rings. The number of hydrogen-bond acceptors (Lipinski definition) is 4. The van der Waals surface area contributed by atoms with Crippen molar-refractivity contribution < 1.29 is 14.2 Å². The Morgan fingerprint density at radius 1 is 1.26 bits per heavy atom. The number of nitrogens with zero attached hydrogens (tertiary/aromatic N) is 1. The lowest BCUT2D eigenvalue weighted by Crippen LogP contribution is -2.47. The van der Waals surface area contributed by atoms with Gasteiger partial charge in [-0.15, -0.1) is 24.8 Å². The standard InChI is InChI=1S/C16H23FN2O2.2ClH/c1-21-14-10-12(17)9-13(16(14)20)15(11-3-2-4-11)19-7-5-18-6-8-19;;/h9-11,15,18,20H,2-8H2,1H3;2*1H/t15-;;/m0../s1. The van der Waals surface area contributed by atoms with Crippen LogP contribution in [0.15, 0.2) is 12.1 Å². The van der Waals surface area contributed by atoms with Crippen LogP contribution in [0, 0.1) is 11.7 Å². The molecule has 132 valence electrons. The van der Waals surface area contributed by atoms with Crippen LogP contribution in [0.25, 0.3) is 0 Å². The molecule has 7 heteroatoms. The van der Waals surface area contributed by atoms with Crippen molar-refractivity contribution in [3.05, 3.63) is 23.5 Å². The summed E-state index contributed by atoms with van der Waals surface area (Å²) in [6.45, 7) is 3.74. The molecule has 0 bridgehead atoms.